The Balaban J connectivity index is 1.89. The summed E-state index contributed by atoms with van der Waals surface area (Å²) in [5, 5.41) is 5.28. The molecule has 0 radical (unpaired) electrons. The molecule has 0 aliphatic carbocycles. The van der Waals surface area contributed by atoms with Gasteiger partial charge in [-0.2, -0.15) is 5.10 Å². The first kappa shape index (κ1) is 18.7. The fourth-order valence-corrected chi connectivity index (χ4v) is 3.80. The highest BCUT2D eigenvalue weighted by Gasteiger charge is 2.36. The number of hydrogen-bond acceptors (Lipinski definition) is 3. The van der Waals surface area contributed by atoms with Crippen molar-refractivity contribution in [3.63, 3.8) is 0 Å². The summed E-state index contributed by atoms with van der Waals surface area (Å²) in [5.41, 5.74) is 5.20. The average molecular weight is 396 g/mol. The van der Waals surface area contributed by atoms with Gasteiger partial charge in [-0.25, -0.2) is 4.68 Å². The lowest BCUT2D eigenvalue weighted by atomic mass is 10.0. The predicted molar refractivity (Wildman–Crippen MR) is 110 cm³/mol. The van der Waals surface area contributed by atoms with Crippen LogP contribution in [0.2, 0.25) is 5.02 Å². The van der Waals surface area contributed by atoms with Gasteiger partial charge in [0.2, 0.25) is 0 Å². The van der Waals surface area contributed by atoms with Gasteiger partial charge in [0.15, 0.2) is 5.69 Å². The Morgan fingerprint density at radius 2 is 1.86 bits per heavy atom. The standard InChI is InChI=1S/C22H22ClN3O2/c1-14(2)25-12-17-20(22(25)27)24-26(19-7-5-4-6-18(19)23)21(17)16-10-8-15(9-11-16)13-28-3/h4-11,14H,12-13H2,1-3H3. The first-order valence-electron chi connectivity index (χ1n) is 9.27. The number of hydrogen-bond donors (Lipinski definition) is 0. The van der Waals surface area contributed by atoms with E-state index in [2.05, 4.69) is 5.10 Å². The molecule has 0 saturated carbocycles. The molecular weight excluding hydrogens is 374 g/mol. The van der Waals surface area contributed by atoms with Crippen LogP contribution in [0, 0.1) is 0 Å². The molecule has 5 nitrogen and oxygen atoms in total. The molecule has 0 saturated heterocycles. The van der Waals surface area contributed by atoms with Crippen molar-refractivity contribution in [3.05, 3.63) is 70.4 Å². The molecule has 144 valence electrons. The minimum absolute atomic E-state index is 0.0342. The van der Waals surface area contributed by atoms with Gasteiger partial charge in [-0.05, 0) is 31.5 Å². The zero-order chi connectivity index (χ0) is 19.8. The second-order valence-electron chi connectivity index (χ2n) is 7.20. The lowest BCUT2D eigenvalue weighted by molar-refractivity contribution is 0.0724. The molecule has 3 aromatic rings. The summed E-state index contributed by atoms with van der Waals surface area (Å²) in [4.78, 5) is 14.7. The maximum atomic E-state index is 12.9. The molecule has 4 rings (SSSR count). The Kier molecular flexibility index (Phi) is 4.96. The van der Waals surface area contributed by atoms with E-state index >= 15 is 0 Å². The van der Waals surface area contributed by atoms with Crippen molar-refractivity contribution in [1.82, 2.24) is 14.7 Å². The number of fused-ring (bicyclic) bond motifs is 1. The van der Waals surface area contributed by atoms with Crippen LogP contribution in [0.5, 0.6) is 0 Å². The Morgan fingerprint density at radius 1 is 1.14 bits per heavy atom. The van der Waals surface area contributed by atoms with Crippen LogP contribution in [0.15, 0.2) is 48.5 Å². The molecule has 0 spiro atoms. The molecule has 1 aromatic heterocycles. The molecule has 1 amide bonds. The predicted octanol–water partition coefficient (Wildman–Crippen LogP) is 4.70. The molecule has 0 atom stereocenters. The second-order valence-corrected chi connectivity index (χ2v) is 7.60. The van der Waals surface area contributed by atoms with Crippen molar-refractivity contribution >= 4 is 17.5 Å². The van der Waals surface area contributed by atoms with E-state index in [1.54, 1.807) is 11.8 Å². The van der Waals surface area contributed by atoms with E-state index in [-0.39, 0.29) is 11.9 Å². The summed E-state index contributed by atoms with van der Waals surface area (Å²) in [6.45, 7) is 5.14. The summed E-state index contributed by atoms with van der Waals surface area (Å²) in [5.74, 6) is -0.0342. The molecule has 1 aliphatic heterocycles. The van der Waals surface area contributed by atoms with Gasteiger partial charge in [0, 0.05) is 24.3 Å². The third-order valence-electron chi connectivity index (χ3n) is 5.02. The highest BCUT2D eigenvalue weighted by molar-refractivity contribution is 6.32. The normalized spacial score (nSPS) is 13.5. The van der Waals surface area contributed by atoms with E-state index in [0.29, 0.717) is 23.9 Å². The molecule has 0 bridgehead atoms. The number of benzene rings is 2. The number of aromatic nitrogens is 2. The van der Waals surface area contributed by atoms with Gasteiger partial charge in [-0.15, -0.1) is 0 Å². The van der Waals surface area contributed by atoms with Crippen molar-refractivity contribution < 1.29 is 9.53 Å². The first-order chi connectivity index (χ1) is 13.5. The summed E-state index contributed by atoms with van der Waals surface area (Å²) in [7, 11) is 1.68. The maximum Gasteiger partial charge on any atom is 0.275 e. The van der Waals surface area contributed by atoms with Crippen molar-refractivity contribution in [3.8, 4) is 16.9 Å². The van der Waals surface area contributed by atoms with Gasteiger partial charge in [-0.1, -0.05) is 48.0 Å². The molecule has 0 N–H and O–H groups in total. The lowest BCUT2D eigenvalue weighted by Crippen LogP contribution is -2.31. The number of rotatable bonds is 5. The largest absolute Gasteiger partial charge is 0.380 e. The van der Waals surface area contributed by atoms with E-state index in [4.69, 9.17) is 16.3 Å². The Morgan fingerprint density at radius 3 is 2.50 bits per heavy atom. The first-order valence-corrected chi connectivity index (χ1v) is 9.65. The fourth-order valence-electron chi connectivity index (χ4n) is 3.59. The van der Waals surface area contributed by atoms with E-state index in [9.17, 15) is 4.79 Å². The lowest BCUT2D eigenvalue weighted by Gasteiger charge is -2.21. The van der Waals surface area contributed by atoms with Crippen LogP contribution in [0.25, 0.3) is 16.9 Å². The third kappa shape index (κ3) is 3.11. The summed E-state index contributed by atoms with van der Waals surface area (Å²) in [6, 6.07) is 15.8. The minimum atomic E-state index is -0.0342. The highest BCUT2D eigenvalue weighted by atomic mass is 35.5. The minimum Gasteiger partial charge on any atom is -0.380 e. The number of carbonyl (C=O) groups excluding carboxylic acids is 1. The average Bonchev–Trinajstić information content (AvgIpc) is 3.20. The van der Waals surface area contributed by atoms with Crippen LogP contribution >= 0.6 is 11.6 Å². The van der Waals surface area contributed by atoms with Gasteiger partial charge in [0.1, 0.15) is 0 Å². The van der Waals surface area contributed by atoms with Crippen LogP contribution in [0.3, 0.4) is 0 Å². The third-order valence-corrected chi connectivity index (χ3v) is 5.34. The molecule has 0 fully saturated rings. The molecule has 6 heteroatoms. The monoisotopic (exact) mass is 395 g/mol. The Bertz CT molecular complexity index is 1020. The number of nitrogens with zero attached hydrogens (tertiary/aromatic N) is 3. The smallest absolute Gasteiger partial charge is 0.275 e. The van der Waals surface area contributed by atoms with Gasteiger partial charge < -0.3 is 9.64 Å². The van der Waals surface area contributed by atoms with E-state index in [1.165, 1.54) is 0 Å². The molecule has 1 aliphatic rings. The molecular formula is C22H22ClN3O2. The van der Waals surface area contributed by atoms with Crippen LogP contribution in [-0.4, -0.2) is 33.7 Å². The zero-order valence-electron chi connectivity index (χ0n) is 16.1. The van der Waals surface area contributed by atoms with E-state index in [0.717, 1.165) is 28.1 Å². The molecule has 2 aromatic carbocycles. The fraction of sp³-hybridized carbons (Fsp3) is 0.273. The molecule has 2 heterocycles. The topological polar surface area (TPSA) is 47.4 Å². The van der Waals surface area contributed by atoms with E-state index in [1.807, 2.05) is 67.3 Å². The number of para-hydroxylation sites is 1. The number of ether oxygens (including phenoxy) is 1. The Hall–Kier alpha value is -2.63. The van der Waals surface area contributed by atoms with Crippen LogP contribution in [0.1, 0.15) is 35.5 Å². The van der Waals surface area contributed by atoms with Gasteiger partial charge in [-0.3, -0.25) is 4.79 Å². The van der Waals surface area contributed by atoms with Crippen molar-refractivity contribution in [2.45, 2.75) is 33.0 Å². The van der Waals surface area contributed by atoms with Crippen molar-refractivity contribution in [2.24, 2.45) is 0 Å². The summed E-state index contributed by atoms with van der Waals surface area (Å²) >= 11 is 6.45. The highest BCUT2D eigenvalue weighted by Crippen LogP contribution is 2.36. The van der Waals surface area contributed by atoms with Gasteiger partial charge >= 0.3 is 0 Å². The number of methoxy groups -OCH3 is 1. The number of halogens is 1. The maximum absolute atomic E-state index is 12.9. The quantitative estimate of drug-likeness (QED) is 0.628. The van der Waals surface area contributed by atoms with Crippen molar-refractivity contribution in [2.75, 3.05) is 7.11 Å². The second kappa shape index (κ2) is 7.41. The van der Waals surface area contributed by atoms with Crippen LogP contribution in [-0.2, 0) is 17.9 Å². The van der Waals surface area contributed by atoms with Crippen LogP contribution in [0.4, 0.5) is 0 Å². The van der Waals surface area contributed by atoms with Crippen molar-refractivity contribution in [1.29, 1.82) is 0 Å². The summed E-state index contributed by atoms with van der Waals surface area (Å²) in [6.07, 6.45) is 0. The number of carbonyl (C=O) groups is 1. The SMILES string of the molecule is COCc1ccc(-c2c3c(nn2-c2ccccc2Cl)C(=O)N(C(C)C)C3)cc1. The molecule has 28 heavy (non-hydrogen) atoms. The molecule has 0 unspecified atom stereocenters. The Labute approximate surface area is 169 Å². The summed E-state index contributed by atoms with van der Waals surface area (Å²) < 4.78 is 7.01. The zero-order valence-corrected chi connectivity index (χ0v) is 16.9. The van der Waals surface area contributed by atoms with Gasteiger partial charge in [0.05, 0.1) is 29.6 Å². The van der Waals surface area contributed by atoms with E-state index < -0.39 is 0 Å². The number of amides is 1. The van der Waals surface area contributed by atoms with Crippen LogP contribution < -0.4 is 0 Å². The van der Waals surface area contributed by atoms with Gasteiger partial charge in [0.25, 0.3) is 5.91 Å².